The van der Waals surface area contributed by atoms with Gasteiger partial charge in [0.2, 0.25) is 0 Å². The fourth-order valence-corrected chi connectivity index (χ4v) is 1.28. The van der Waals surface area contributed by atoms with Crippen LogP contribution in [0.2, 0.25) is 0 Å². The van der Waals surface area contributed by atoms with Crippen LogP contribution in [0.15, 0.2) is 28.7 Å². The Morgan fingerprint density at radius 2 is 1.58 bits per heavy atom. The molecule has 12 heavy (non-hydrogen) atoms. The number of benzene rings is 1. The van der Waals surface area contributed by atoms with Crippen LogP contribution in [0.25, 0.3) is 0 Å². The van der Waals surface area contributed by atoms with Crippen molar-refractivity contribution >= 4 is 28.4 Å². The average Bonchev–Trinajstić information content (AvgIpc) is 1.86. The van der Waals surface area contributed by atoms with Crippen LogP contribution in [0.4, 0.5) is 12.9 Å². The van der Waals surface area contributed by atoms with E-state index in [0.717, 1.165) is 6.07 Å². The Bertz CT molecular complexity index is 263. The van der Waals surface area contributed by atoms with E-state index in [2.05, 4.69) is 15.9 Å². The first-order valence-electron chi connectivity index (χ1n) is 2.96. The van der Waals surface area contributed by atoms with Gasteiger partial charge in [0.1, 0.15) is 0 Å². The number of hydrogen-bond acceptors (Lipinski definition) is 0. The predicted molar refractivity (Wildman–Crippen MR) is 42.9 cm³/mol. The zero-order valence-corrected chi connectivity index (χ0v) is 11.1. The van der Waals surface area contributed by atoms with Crippen molar-refractivity contribution in [1.29, 1.82) is 0 Å². The Hall–Kier alpha value is 1.19. The van der Waals surface area contributed by atoms with E-state index in [0.29, 0.717) is 0 Å². The second kappa shape index (κ2) is 5.17. The van der Waals surface area contributed by atoms with Crippen molar-refractivity contribution in [2.45, 2.75) is 0 Å². The van der Waals surface area contributed by atoms with Crippen molar-refractivity contribution < 1.29 is 64.3 Å². The van der Waals surface area contributed by atoms with E-state index in [-0.39, 0.29) is 55.9 Å². The van der Waals surface area contributed by atoms with Gasteiger partial charge in [0.15, 0.2) is 0 Å². The molecule has 60 valence electrons. The standard InChI is InChI=1S/C6H4BBrF3.K/c8-6-4-2-1-3-5(6)7(9,10)11;/h1-4H;/q-1;+1. The van der Waals surface area contributed by atoms with Crippen molar-refractivity contribution in [2.24, 2.45) is 0 Å². The summed E-state index contributed by atoms with van der Waals surface area (Å²) in [5.74, 6) is 0. The van der Waals surface area contributed by atoms with Gasteiger partial charge in [0.25, 0.3) is 0 Å². The van der Waals surface area contributed by atoms with Gasteiger partial charge >= 0.3 is 58.4 Å². The molecule has 0 saturated heterocycles. The second-order valence-corrected chi connectivity index (χ2v) is 2.95. The Labute approximate surface area is 120 Å². The third-order valence-electron chi connectivity index (χ3n) is 1.26. The molecule has 0 unspecified atom stereocenters. The van der Waals surface area contributed by atoms with Gasteiger partial charge in [0, 0.05) is 0 Å². The van der Waals surface area contributed by atoms with E-state index < -0.39 is 12.4 Å². The molecular weight excluding hydrogens is 259 g/mol. The average molecular weight is 263 g/mol. The topological polar surface area (TPSA) is 0 Å². The van der Waals surface area contributed by atoms with Crippen LogP contribution in [-0.2, 0) is 0 Å². The molecule has 0 spiro atoms. The predicted octanol–water partition coefficient (Wildman–Crippen LogP) is -0.492. The van der Waals surface area contributed by atoms with Gasteiger partial charge in [0.05, 0.1) is 0 Å². The van der Waals surface area contributed by atoms with Crippen molar-refractivity contribution in [3.05, 3.63) is 28.7 Å². The molecule has 1 rings (SSSR count). The summed E-state index contributed by atoms with van der Waals surface area (Å²) in [6.45, 7) is -4.88. The Kier molecular flexibility index (Phi) is 5.68. The van der Waals surface area contributed by atoms with Gasteiger partial charge in [-0.1, -0.05) is 45.7 Å². The van der Waals surface area contributed by atoms with Gasteiger partial charge in [-0.2, -0.15) is 0 Å². The summed E-state index contributed by atoms with van der Waals surface area (Å²) in [6, 6.07) is 5.36. The van der Waals surface area contributed by atoms with Crippen LogP contribution in [0.3, 0.4) is 0 Å². The summed E-state index contributed by atoms with van der Waals surface area (Å²) in [5, 5.41) is 0. The number of halogens is 4. The van der Waals surface area contributed by atoms with Gasteiger partial charge < -0.3 is 12.9 Å². The summed E-state index contributed by atoms with van der Waals surface area (Å²) in [5.41, 5.74) is -0.576. The minimum atomic E-state index is -4.88. The molecule has 0 N–H and O–H groups in total. The van der Waals surface area contributed by atoms with Gasteiger partial charge in [-0.3, -0.25) is 0 Å². The largest absolute Gasteiger partial charge is 1.00 e. The van der Waals surface area contributed by atoms with E-state index in [9.17, 15) is 12.9 Å². The first kappa shape index (κ1) is 13.2. The van der Waals surface area contributed by atoms with Gasteiger partial charge in [-0.25, -0.2) is 0 Å². The van der Waals surface area contributed by atoms with Crippen LogP contribution in [0, 0.1) is 0 Å². The van der Waals surface area contributed by atoms with Crippen molar-refractivity contribution in [3.63, 3.8) is 0 Å². The summed E-state index contributed by atoms with van der Waals surface area (Å²) in [4.78, 5) is 0. The third-order valence-corrected chi connectivity index (χ3v) is 1.98. The van der Waals surface area contributed by atoms with Crippen LogP contribution in [-0.4, -0.2) is 6.98 Å². The summed E-state index contributed by atoms with van der Waals surface area (Å²) in [7, 11) is 0. The van der Waals surface area contributed by atoms with Crippen molar-refractivity contribution in [2.75, 3.05) is 0 Å². The second-order valence-electron chi connectivity index (χ2n) is 2.10. The monoisotopic (exact) mass is 262 g/mol. The molecule has 0 atom stereocenters. The summed E-state index contributed by atoms with van der Waals surface area (Å²) >= 11 is 2.83. The zero-order valence-electron chi connectivity index (χ0n) is 6.40. The quantitative estimate of drug-likeness (QED) is 0.600. The summed E-state index contributed by atoms with van der Waals surface area (Å²) in [6.07, 6.45) is 0. The molecule has 0 aromatic heterocycles. The first-order chi connectivity index (χ1) is 5.02. The van der Waals surface area contributed by atoms with Gasteiger partial charge in [-0.05, 0) is 4.47 Å². The molecule has 0 aliphatic rings. The molecule has 0 heterocycles. The van der Waals surface area contributed by atoms with Crippen LogP contribution >= 0.6 is 15.9 Å². The van der Waals surface area contributed by atoms with Gasteiger partial charge in [-0.15, -0.1) is 0 Å². The molecule has 0 fully saturated rings. The minimum Gasteiger partial charge on any atom is -0.445 e. The third kappa shape index (κ3) is 3.51. The van der Waals surface area contributed by atoms with E-state index >= 15 is 0 Å². The minimum absolute atomic E-state index is 0. The van der Waals surface area contributed by atoms with Crippen LogP contribution in [0.5, 0.6) is 0 Å². The normalized spacial score (nSPS) is 10.7. The van der Waals surface area contributed by atoms with Crippen LogP contribution < -0.4 is 56.8 Å². The maximum atomic E-state index is 12.1. The molecule has 0 aliphatic heterocycles. The molecule has 0 bridgehead atoms. The molecule has 1 aromatic rings. The Balaban J connectivity index is 0.00000121. The fourth-order valence-electron chi connectivity index (χ4n) is 0.741. The SMILES string of the molecule is F[B-](F)(F)c1ccccc1Br.[K+]. The summed E-state index contributed by atoms with van der Waals surface area (Å²) < 4.78 is 36.3. The fraction of sp³-hybridized carbons (Fsp3) is 0. The Morgan fingerprint density at radius 3 is 1.92 bits per heavy atom. The number of hydrogen-bond donors (Lipinski definition) is 0. The van der Waals surface area contributed by atoms with Crippen molar-refractivity contribution in [1.82, 2.24) is 0 Å². The van der Waals surface area contributed by atoms with E-state index in [1.807, 2.05) is 0 Å². The molecule has 0 aliphatic carbocycles. The molecule has 0 nitrogen and oxygen atoms in total. The maximum Gasteiger partial charge on any atom is 1.00 e. The van der Waals surface area contributed by atoms with Crippen molar-refractivity contribution in [3.8, 4) is 0 Å². The first-order valence-corrected chi connectivity index (χ1v) is 3.75. The molecule has 1 aromatic carbocycles. The molecule has 6 heteroatoms. The molecule has 0 radical (unpaired) electrons. The molecule has 0 amide bonds. The molecular formula is C6H4BBrF3K. The van der Waals surface area contributed by atoms with Crippen LogP contribution in [0.1, 0.15) is 0 Å². The number of rotatable bonds is 1. The zero-order chi connectivity index (χ0) is 8.48. The molecule has 0 saturated carbocycles. The Morgan fingerprint density at radius 1 is 1.08 bits per heavy atom. The van der Waals surface area contributed by atoms with E-state index in [1.54, 1.807) is 6.07 Å². The van der Waals surface area contributed by atoms with E-state index in [1.165, 1.54) is 12.1 Å². The maximum absolute atomic E-state index is 12.1. The smallest absolute Gasteiger partial charge is 0.445 e. The van der Waals surface area contributed by atoms with E-state index in [4.69, 9.17) is 0 Å².